The van der Waals surface area contributed by atoms with Crippen molar-refractivity contribution in [2.45, 2.75) is 19.5 Å². The topological polar surface area (TPSA) is 101 Å². The van der Waals surface area contributed by atoms with Crippen LogP contribution < -0.4 is 10.7 Å². The third-order valence-corrected chi connectivity index (χ3v) is 3.38. The van der Waals surface area contributed by atoms with E-state index in [1.165, 1.54) is 25.1 Å². The molecule has 0 bridgehead atoms. The van der Waals surface area contributed by atoms with Crippen LogP contribution in [0.3, 0.4) is 0 Å². The molecule has 0 saturated carbocycles. The number of hydrogen-bond acceptors (Lipinski definition) is 4. The van der Waals surface area contributed by atoms with Crippen molar-refractivity contribution in [1.29, 1.82) is 0 Å². The van der Waals surface area contributed by atoms with Crippen LogP contribution in [0, 0.1) is 6.92 Å². The number of carboxylic acid groups (broad SMARTS) is 1. The number of benzene rings is 1. The van der Waals surface area contributed by atoms with E-state index in [-0.39, 0.29) is 24.3 Å². The van der Waals surface area contributed by atoms with Gasteiger partial charge < -0.3 is 10.4 Å². The average Bonchev–Trinajstić information content (AvgIpc) is 2.53. The highest BCUT2D eigenvalue weighted by Gasteiger charge is 2.34. The molecule has 1 aromatic heterocycles. The van der Waals surface area contributed by atoms with Gasteiger partial charge in [-0.3, -0.25) is 14.4 Å². The lowest BCUT2D eigenvalue weighted by Crippen LogP contribution is -2.33. The second-order valence-electron chi connectivity index (χ2n) is 5.32. The Labute approximate surface area is 145 Å². The Morgan fingerprint density at radius 3 is 2.54 bits per heavy atom. The van der Waals surface area contributed by atoms with E-state index in [0.717, 1.165) is 16.8 Å². The summed E-state index contributed by atoms with van der Waals surface area (Å²) < 4.78 is 40.5. The number of hydrogen-bond donors (Lipinski definition) is 2. The number of rotatable bonds is 5. The van der Waals surface area contributed by atoms with Gasteiger partial charge in [0.15, 0.2) is 5.69 Å². The molecule has 26 heavy (non-hydrogen) atoms. The first-order valence-corrected chi connectivity index (χ1v) is 7.39. The number of carbonyl (C=O) groups excluding carboxylic acids is 1. The summed E-state index contributed by atoms with van der Waals surface area (Å²) in [6.07, 6.45) is -5.03. The van der Waals surface area contributed by atoms with E-state index >= 15 is 0 Å². The van der Waals surface area contributed by atoms with E-state index in [0.29, 0.717) is 0 Å². The molecule has 138 valence electrons. The first-order valence-electron chi connectivity index (χ1n) is 7.39. The molecule has 0 aliphatic rings. The fourth-order valence-electron chi connectivity index (χ4n) is 2.21. The molecule has 1 heterocycles. The molecule has 2 N–H and O–H groups in total. The van der Waals surface area contributed by atoms with Crippen molar-refractivity contribution >= 4 is 11.9 Å². The summed E-state index contributed by atoms with van der Waals surface area (Å²) in [5.74, 6) is -2.12. The number of nitrogens with zero attached hydrogens (tertiary/aromatic N) is 2. The summed E-state index contributed by atoms with van der Waals surface area (Å²) in [6.45, 7) is 1.13. The van der Waals surface area contributed by atoms with Crippen LogP contribution in [0.2, 0.25) is 0 Å². The number of carbonyl (C=O) groups is 2. The lowest BCUT2D eigenvalue weighted by atomic mass is 10.1. The maximum Gasteiger partial charge on any atom is 0.418 e. The third-order valence-electron chi connectivity index (χ3n) is 3.38. The number of para-hydroxylation sites is 1. The number of aliphatic carboxylic acids is 1. The van der Waals surface area contributed by atoms with Crippen molar-refractivity contribution in [1.82, 2.24) is 15.1 Å². The smallest absolute Gasteiger partial charge is 0.418 e. The highest BCUT2D eigenvalue weighted by atomic mass is 19.4. The zero-order valence-electron chi connectivity index (χ0n) is 13.5. The molecule has 0 saturated heterocycles. The number of carboxylic acids is 1. The number of nitrogens with one attached hydrogen (secondary N) is 1. The second kappa shape index (κ2) is 7.38. The second-order valence-corrected chi connectivity index (χ2v) is 5.32. The van der Waals surface area contributed by atoms with Gasteiger partial charge in [0.05, 0.1) is 17.7 Å². The normalized spacial score (nSPS) is 11.2. The summed E-state index contributed by atoms with van der Waals surface area (Å²) in [6, 6.07) is 5.60. The molecule has 0 unspecified atom stereocenters. The number of aryl methyl sites for hydroxylation is 1. The molecule has 1 aromatic carbocycles. The van der Waals surface area contributed by atoms with Gasteiger partial charge in [-0.05, 0) is 19.1 Å². The Morgan fingerprint density at radius 2 is 1.92 bits per heavy atom. The van der Waals surface area contributed by atoms with Crippen LogP contribution in [0.15, 0.2) is 35.1 Å². The van der Waals surface area contributed by atoms with Crippen LogP contribution in [0.5, 0.6) is 0 Å². The summed E-state index contributed by atoms with van der Waals surface area (Å²) in [5.41, 5.74) is -2.61. The fourth-order valence-corrected chi connectivity index (χ4v) is 2.21. The summed E-state index contributed by atoms with van der Waals surface area (Å²) in [7, 11) is 0. The van der Waals surface area contributed by atoms with Crippen molar-refractivity contribution < 1.29 is 27.9 Å². The molecule has 0 aliphatic carbocycles. The molecule has 2 aromatic rings. The number of halogens is 3. The quantitative estimate of drug-likeness (QED) is 0.836. The molecule has 0 aliphatic heterocycles. The van der Waals surface area contributed by atoms with E-state index in [1.54, 1.807) is 0 Å². The van der Waals surface area contributed by atoms with Crippen LogP contribution in [0.1, 0.15) is 28.2 Å². The van der Waals surface area contributed by atoms with E-state index in [4.69, 9.17) is 5.11 Å². The molecule has 0 spiro atoms. The lowest BCUT2D eigenvalue weighted by Gasteiger charge is -2.16. The van der Waals surface area contributed by atoms with E-state index < -0.39 is 34.7 Å². The molecular formula is C16H14F3N3O4. The number of amides is 1. The summed E-state index contributed by atoms with van der Waals surface area (Å²) in [5, 5.41) is 14.5. The minimum absolute atomic E-state index is 0.105. The van der Waals surface area contributed by atoms with Gasteiger partial charge in [0.1, 0.15) is 0 Å². The zero-order chi connectivity index (χ0) is 19.5. The van der Waals surface area contributed by atoms with Crippen LogP contribution >= 0.6 is 0 Å². The van der Waals surface area contributed by atoms with Gasteiger partial charge in [0.2, 0.25) is 5.43 Å². The average molecular weight is 369 g/mol. The van der Waals surface area contributed by atoms with Gasteiger partial charge in [-0.1, -0.05) is 12.1 Å². The van der Waals surface area contributed by atoms with E-state index in [9.17, 15) is 27.6 Å². The largest absolute Gasteiger partial charge is 0.481 e. The fraction of sp³-hybridized carbons (Fsp3) is 0.250. The van der Waals surface area contributed by atoms with Gasteiger partial charge >= 0.3 is 12.1 Å². The van der Waals surface area contributed by atoms with E-state index in [1.807, 2.05) is 0 Å². The molecular weight excluding hydrogens is 355 g/mol. The van der Waals surface area contributed by atoms with Gasteiger partial charge in [0, 0.05) is 18.3 Å². The highest BCUT2D eigenvalue weighted by molar-refractivity contribution is 5.92. The van der Waals surface area contributed by atoms with Crippen molar-refractivity contribution in [2.75, 3.05) is 6.54 Å². The highest BCUT2D eigenvalue weighted by Crippen LogP contribution is 2.33. The molecule has 2 rings (SSSR count). The Kier molecular flexibility index (Phi) is 5.44. The van der Waals surface area contributed by atoms with Crippen molar-refractivity contribution in [3.8, 4) is 5.69 Å². The predicted molar refractivity (Wildman–Crippen MR) is 84.2 cm³/mol. The van der Waals surface area contributed by atoms with Gasteiger partial charge in [-0.15, -0.1) is 0 Å². The first-order chi connectivity index (χ1) is 12.1. The van der Waals surface area contributed by atoms with Crippen LogP contribution in [-0.4, -0.2) is 33.3 Å². The molecule has 7 nitrogen and oxygen atoms in total. The molecule has 0 atom stereocenters. The Bertz CT molecular complexity index is 906. The number of alkyl halides is 3. The third kappa shape index (κ3) is 4.26. The summed E-state index contributed by atoms with van der Waals surface area (Å²) >= 11 is 0. The zero-order valence-corrected chi connectivity index (χ0v) is 13.5. The Morgan fingerprint density at radius 1 is 1.27 bits per heavy atom. The summed E-state index contributed by atoms with van der Waals surface area (Å²) in [4.78, 5) is 34.5. The van der Waals surface area contributed by atoms with Gasteiger partial charge in [-0.25, -0.2) is 4.68 Å². The molecule has 1 amide bonds. The monoisotopic (exact) mass is 369 g/mol. The molecule has 0 fully saturated rings. The maximum atomic E-state index is 13.2. The Hall–Kier alpha value is -3.17. The number of aromatic nitrogens is 2. The minimum atomic E-state index is -4.66. The van der Waals surface area contributed by atoms with Crippen LogP contribution in [0.25, 0.3) is 5.69 Å². The molecule has 10 heteroatoms. The SMILES string of the molecule is Cc1cc(=O)c(C(=O)NCCC(=O)O)nn1-c1ccccc1C(F)(F)F. The Balaban J connectivity index is 2.48. The minimum Gasteiger partial charge on any atom is -0.481 e. The van der Waals surface area contributed by atoms with Gasteiger partial charge in [0.25, 0.3) is 5.91 Å². The van der Waals surface area contributed by atoms with Crippen LogP contribution in [0.4, 0.5) is 13.2 Å². The van der Waals surface area contributed by atoms with Crippen molar-refractivity contribution in [3.63, 3.8) is 0 Å². The van der Waals surface area contributed by atoms with E-state index in [2.05, 4.69) is 10.4 Å². The molecule has 0 radical (unpaired) electrons. The van der Waals surface area contributed by atoms with Crippen LogP contribution in [-0.2, 0) is 11.0 Å². The standard InChI is InChI=1S/C16H14F3N3O4/c1-9-8-12(23)14(15(26)20-7-6-13(24)25)21-22(9)11-5-3-2-4-10(11)16(17,18)19/h2-5,8H,6-7H2,1H3,(H,20,26)(H,24,25). The maximum absolute atomic E-state index is 13.2. The van der Waals surface area contributed by atoms with Gasteiger partial charge in [-0.2, -0.15) is 18.3 Å². The van der Waals surface area contributed by atoms with Crippen molar-refractivity contribution in [3.05, 3.63) is 57.5 Å². The van der Waals surface area contributed by atoms with Crippen molar-refractivity contribution in [2.24, 2.45) is 0 Å². The first kappa shape index (κ1) is 19.2. The lowest BCUT2D eigenvalue weighted by molar-refractivity contribution is -0.138. The predicted octanol–water partition coefficient (Wildman–Crippen LogP) is 1.76.